The Morgan fingerprint density at radius 1 is 1.21 bits per heavy atom. The first-order valence-corrected chi connectivity index (χ1v) is 6.53. The molecule has 0 amide bonds. The minimum atomic E-state index is -4.22. The van der Waals surface area contributed by atoms with Crippen LogP contribution in [-0.2, 0) is 6.42 Å². The summed E-state index contributed by atoms with van der Waals surface area (Å²) in [5.41, 5.74) is 0. The Morgan fingerprint density at radius 3 is 2.68 bits per heavy atom. The van der Waals surface area contributed by atoms with Crippen LogP contribution in [0.4, 0.5) is 13.2 Å². The number of alkyl halides is 3. The number of aromatic nitrogens is 2. The van der Waals surface area contributed by atoms with Gasteiger partial charge in [0.25, 0.3) is 0 Å². The second-order valence-electron chi connectivity index (χ2n) is 4.98. The maximum absolute atomic E-state index is 12.1. The molecule has 0 aromatic carbocycles. The fourth-order valence-electron chi connectivity index (χ4n) is 2.35. The van der Waals surface area contributed by atoms with Gasteiger partial charge in [-0.3, -0.25) is 0 Å². The van der Waals surface area contributed by atoms with E-state index in [1.807, 2.05) is 0 Å². The highest BCUT2D eigenvalue weighted by atomic mass is 19.4. The Hall–Kier alpha value is -1.11. The lowest BCUT2D eigenvalue weighted by Crippen LogP contribution is -2.17. The van der Waals surface area contributed by atoms with Gasteiger partial charge in [0.15, 0.2) is 5.82 Å². The van der Waals surface area contributed by atoms with E-state index in [1.165, 1.54) is 0 Å². The Morgan fingerprint density at radius 2 is 1.95 bits per heavy atom. The molecule has 1 aliphatic rings. The van der Waals surface area contributed by atoms with Crippen molar-refractivity contribution in [1.29, 1.82) is 0 Å². The largest absolute Gasteiger partial charge is 0.392 e. The van der Waals surface area contributed by atoms with Crippen molar-refractivity contribution < 1.29 is 22.8 Å². The molecule has 2 rings (SSSR count). The van der Waals surface area contributed by atoms with E-state index in [0.717, 1.165) is 25.7 Å². The minimum Gasteiger partial charge on any atom is -0.392 e. The summed E-state index contributed by atoms with van der Waals surface area (Å²) in [4.78, 5) is 3.99. The third-order valence-electron chi connectivity index (χ3n) is 3.41. The molecule has 1 aromatic rings. The van der Waals surface area contributed by atoms with Crippen LogP contribution in [-0.4, -0.2) is 27.5 Å². The van der Waals surface area contributed by atoms with E-state index in [0.29, 0.717) is 6.42 Å². The summed E-state index contributed by atoms with van der Waals surface area (Å²) >= 11 is 0. The van der Waals surface area contributed by atoms with Gasteiger partial charge in [0.1, 0.15) is 0 Å². The summed E-state index contributed by atoms with van der Waals surface area (Å²) in [5, 5.41) is 13.5. The van der Waals surface area contributed by atoms with Crippen molar-refractivity contribution >= 4 is 0 Å². The highest BCUT2D eigenvalue weighted by Crippen LogP contribution is 2.31. The maximum Gasteiger partial charge on any atom is 0.389 e. The van der Waals surface area contributed by atoms with Crippen LogP contribution in [0.15, 0.2) is 4.52 Å². The number of aliphatic hydroxyl groups is 1. The first-order chi connectivity index (χ1) is 8.96. The third kappa shape index (κ3) is 4.19. The van der Waals surface area contributed by atoms with Crippen molar-refractivity contribution in [2.24, 2.45) is 0 Å². The zero-order chi connectivity index (χ0) is 13.9. The monoisotopic (exact) mass is 278 g/mol. The maximum atomic E-state index is 12.1. The van der Waals surface area contributed by atoms with Gasteiger partial charge in [-0.25, -0.2) is 0 Å². The van der Waals surface area contributed by atoms with Crippen LogP contribution < -0.4 is 0 Å². The zero-order valence-corrected chi connectivity index (χ0v) is 10.5. The normalized spacial score (nSPS) is 25.3. The summed E-state index contributed by atoms with van der Waals surface area (Å²) in [6.07, 6.45) is -1.64. The molecule has 2 atom stereocenters. The van der Waals surface area contributed by atoms with E-state index in [4.69, 9.17) is 4.52 Å². The number of hydrogen-bond donors (Lipinski definition) is 1. The lowest BCUT2D eigenvalue weighted by atomic mass is 9.97. The molecule has 0 spiro atoms. The second kappa shape index (κ2) is 5.90. The molecular formula is C12H17F3N2O2. The molecule has 0 saturated heterocycles. The van der Waals surface area contributed by atoms with Crippen LogP contribution in [0.2, 0.25) is 0 Å². The van der Waals surface area contributed by atoms with E-state index in [-0.39, 0.29) is 24.1 Å². The van der Waals surface area contributed by atoms with Crippen molar-refractivity contribution in [3.63, 3.8) is 0 Å². The molecule has 0 radical (unpaired) electrons. The number of halogens is 3. The lowest BCUT2D eigenvalue weighted by Gasteiger charge is -2.15. The van der Waals surface area contributed by atoms with Gasteiger partial charge in [-0.1, -0.05) is 24.4 Å². The lowest BCUT2D eigenvalue weighted by molar-refractivity contribution is -0.134. The number of rotatable bonds is 3. The van der Waals surface area contributed by atoms with E-state index in [9.17, 15) is 18.3 Å². The molecule has 19 heavy (non-hydrogen) atoms. The Bertz CT molecular complexity index is 406. The van der Waals surface area contributed by atoms with Crippen molar-refractivity contribution in [2.45, 2.75) is 63.1 Å². The summed E-state index contributed by atoms with van der Waals surface area (Å²) < 4.78 is 41.3. The smallest absolute Gasteiger partial charge is 0.389 e. The molecule has 7 heteroatoms. The average Bonchev–Trinajstić information content (AvgIpc) is 2.69. The molecule has 1 aromatic heterocycles. The van der Waals surface area contributed by atoms with Crippen LogP contribution in [0.5, 0.6) is 0 Å². The first-order valence-electron chi connectivity index (χ1n) is 6.53. The van der Waals surface area contributed by atoms with E-state index >= 15 is 0 Å². The molecular weight excluding hydrogens is 261 g/mol. The van der Waals surface area contributed by atoms with Gasteiger partial charge in [-0.05, 0) is 12.8 Å². The Balaban J connectivity index is 1.99. The molecule has 1 saturated carbocycles. The van der Waals surface area contributed by atoms with Gasteiger partial charge in [0.2, 0.25) is 5.89 Å². The predicted octanol–water partition coefficient (Wildman–Crippen LogP) is 2.97. The van der Waals surface area contributed by atoms with Gasteiger partial charge >= 0.3 is 6.18 Å². The minimum absolute atomic E-state index is 0.0590. The van der Waals surface area contributed by atoms with E-state index < -0.39 is 18.7 Å². The summed E-state index contributed by atoms with van der Waals surface area (Å²) in [6, 6.07) is 0. The van der Waals surface area contributed by atoms with Gasteiger partial charge < -0.3 is 9.63 Å². The standard InChI is InChI=1S/C12H17F3N2O2/c13-12(14,15)7-6-10-16-11(19-17-10)8-4-2-1-3-5-9(8)18/h8-9,18H,1-7H2. The predicted molar refractivity (Wildman–Crippen MR) is 60.5 cm³/mol. The van der Waals surface area contributed by atoms with Crippen LogP contribution in [0.25, 0.3) is 0 Å². The molecule has 0 aliphatic heterocycles. The van der Waals surface area contributed by atoms with Crippen LogP contribution in [0, 0.1) is 0 Å². The number of aryl methyl sites for hydroxylation is 1. The molecule has 1 heterocycles. The van der Waals surface area contributed by atoms with Gasteiger partial charge in [0, 0.05) is 6.42 Å². The van der Waals surface area contributed by atoms with E-state index in [2.05, 4.69) is 10.1 Å². The Kier molecular flexibility index (Phi) is 4.44. The van der Waals surface area contributed by atoms with Crippen LogP contribution >= 0.6 is 0 Å². The second-order valence-corrected chi connectivity index (χ2v) is 4.98. The first kappa shape index (κ1) is 14.3. The van der Waals surface area contributed by atoms with Crippen LogP contribution in [0.1, 0.15) is 56.2 Å². The fourth-order valence-corrected chi connectivity index (χ4v) is 2.35. The van der Waals surface area contributed by atoms with Gasteiger partial charge in [-0.2, -0.15) is 18.2 Å². The van der Waals surface area contributed by atoms with Crippen molar-refractivity contribution in [3.05, 3.63) is 11.7 Å². The molecule has 1 aliphatic carbocycles. The van der Waals surface area contributed by atoms with Crippen molar-refractivity contribution in [3.8, 4) is 0 Å². The third-order valence-corrected chi connectivity index (χ3v) is 3.41. The molecule has 4 nitrogen and oxygen atoms in total. The molecule has 0 bridgehead atoms. The summed E-state index contributed by atoms with van der Waals surface area (Å²) in [5.74, 6) is 0.0879. The summed E-state index contributed by atoms with van der Waals surface area (Å²) in [6.45, 7) is 0. The number of nitrogens with zero attached hydrogens (tertiary/aromatic N) is 2. The van der Waals surface area contributed by atoms with Gasteiger partial charge in [-0.15, -0.1) is 0 Å². The number of hydrogen-bond acceptors (Lipinski definition) is 4. The van der Waals surface area contributed by atoms with Crippen LogP contribution in [0.3, 0.4) is 0 Å². The van der Waals surface area contributed by atoms with E-state index in [1.54, 1.807) is 0 Å². The number of aliphatic hydroxyl groups excluding tert-OH is 1. The fraction of sp³-hybridized carbons (Fsp3) is 0.833. The molecule has 108 valence electrons. The SMILES string of the molecule is OC1CCCCCC1c1nc(CCC(F)(F)F)no1. The van der Waals surface area contributed by atoms with Gasteiger partial charge in [0.05, 0.1) is 18.4 Å². The quantitative estimate of drug-likeness (QED) is 0.863. The van der Waals surface area contributed by atoms with Crippen molar-refractivity contribution in [1.82, 2.24) is 10.1 Å². The highest BCUT2D eigenvalue weighted by Gasteiger charge is 2.30. The Labute approximate surface area is 109 Å². The highest BCUT2D eigenvalue weighted by molar-refractivity contribution is 4.98. The average molecular weight is 278 g/mol. The summed E-state index contributed by atoms with van der Waals surface area (Å²) in [7, 11) is 0. The molecule has 1 fully saturated rings. The molecule has 1 N–H and O–H groups in total. The topological polar surface area (TPSA) is 59.2 Å². The zero-order valence-electron chi connectivity index (χ0n) is 10.5. The van der Waals surface area contributed by atoms with Crippen molar-refractivity contribution in [2.75, 3.05) is 0 Å². The molecule has 2 unspecified atom stereocenters.